The first-order chi connectivity index (χ1) is 8.30. The smallest absolute Gasteiger partial charge is 0.257 e. The number of halogens is 1. The maximum atomic E-state index is 12.0. The standard InChI is InChI=1S/C11H20ClN3O2S/c1-4-9-13-7-10(15-9)18(16,17)14-8-11(2,3)5-6-12/h7,14H,4-6,8H2,1-3H3,(H,13,15). The van der Waals surface area contributed by atoms with Crippen LogP contribution in [0.5, 0.6) is 0 Å². The van der Waals surface area contributed by atoms with Gasteiger partial charge in [-0.3, -0.25) is 0 Å². The summed E-state index contributed by atoms with van der Waals surface area (Å²) in [7, 11) is -3.51. The van der Waals surface area contributed by atoms with E-state index in [9.17, 15) is 8.42 Å². The van der Waals surface area contributed by atoms with E-state index >= 15 is 0 Å². The van der Waals surface area contributed by atoms with E-state index in [0.29, 0.717) is 24.7 Å². The summed E-state index contributed by atoms with van der Waals surface area (Å²) in [5.41, 5.74) is -0.164. The molecule has 1 aromatic rings. The first kappa shape index (κ1) is 15.5. The van der Waals surface area contributed by atoms with Crippen molar-refractivity contribution < 1.29 is 8.42 Å². The minimum absolute atomic E-state index is 0.112. The molecule has 0 saturated carbocycles. The van der Waals surface area contributed by atoms with E-state index in [1.165, 1.54) is 6.20 Å². The number of sulfonamides is 1. The van der Waals surface area contributed by atoms with E-state index in [2.05, 4.69) is 14.7 Å². The summed E-state index contributed by atoms with van der Waals surface area (Å²) in [4.78, 5) is 6.77. The molecule has 18 heavy (non-hydrogen) atoms. The number of rotatable bonds is 7. The highest BCUT2D eigenvalue weighted by molar-refractivity contribution is 7.89. The van der Waals surface area contributed by atoms with Gasteiger partial charge in [0.25, 0.3) is 10.0 Å². The number of H-pyrrole nitrogens is 1. The van der Waals surface area contributed by atoms with Crippen molar-refractivity contribution >= 4 is 21.6 Å². The highest BCUT2D eigenvalue weighted by Gasteiger charge is 2.23. The molecule has 1 heterocycles. The topological polar surface area (TPSA) is 74.8 Å². The van der Waals surface area contributed by atoms with Gasteiger partial charge in [0.05, 0.1) is 6.20 Å². The minimum Gasteiger partial charge on any atom is -0.332 e. The molecule has 104 valence electrons. The Bertz CT molecular complexity index is 482. The second-order valence-corrected chi connectivity index (χ2v) is 7.09. The van der Waals surface area contributed by atoms with Gasteiger partial charge in [-0.25, -0.2) is 18.1 Å². The normalized spacial score (nSPS) is 12.9. The zero-order chi connectivity index (χ0) is 13.8. The Hall–Kier alpha value is -0.590. The average Bonchev–Trinajstić information content (AvgIpc) is 2.76. The van der Waals surface area contributed by atoms with Crippen LogP contribution in [0, 0.1) is 5.41 Å². The predicted octanol–water partition coefficient (Wildman–Crippen LogP) is 1.91. The Labute approximate surface area is 113 Å². The van der Waals surface area contributed by atoms with Crippen LogP contribution in [-0.2, 0) is 16.4 Å². The summed E-state index contributed by atoms with van der Waals surface area (Å²) < 4.78 is 26.6. The van der Waals surface area contributed by atoms with Gasteiger partial charge in [-0.05, 0) is 11.8 Å². The first-order valence-corrected chi connectivity index (χ1v) is 7.92. The third kappa shape index (κ3) is 4.26. The van der Waals surface area contributed by atoms with Gasteiger partial charge in [0.1, 0.15) is 5.82 Å². The molecule has 0 aliphatic rings. The third-order valence-electron chi connectivity index (χ3n) is 2.74. The molecular formula is C11H20ClN3O2S. The van der Waals surface area contributed by atoms with Crippen LogP contribution >= 0.6 is 11.6 Å². The van der Waals surface area contributed by atoms with E-state index in [0.717, 1.165) is 6.42 Å². The van der Waals surface area contributed by atoms with Crippen LogP contribution in [0.2, 0.25) is 0 Å². The second-order valence-electron chi connectivity index (χ2n) is 4.98. The van der Waals surface area contributed by atoms with Crippen molar-refractivity contribution in [2.24, 2.45) is 5.41 Å². The SMILES string of the molecule is CCc1ncc(S(=O)(=O)NCC(C)(C)CCCl)[nH]1. The summed E-state index contributed by atoms with van der Waals surface area (Å²) in [6.45, 7) is 6.21. The lowest BCUT2D eigenvalue weighted by Crippen LogP contribution is -2.34. The Morgan fingerprint density at radius 3 is 2.67 bits per heavy atom. The fourth-order valence-electron chi connectivity index (χ4n) is 1.37. The van der Waals surface area contributed by atoms with Crippen LogP contribution in [-0.4, -0.2) is 30.8 Å². The lowest BCUT2D eigenvalue weighted by molar-refractivity contribution is 0.352. The molecule has 0 aromatic carbocycles. The van der Waals surface area contributed by atoms with E-state index < -0.39 is 10.0 Å². The number of hydrogen-bond donors (Lipinski definition) is 2. The molecule has 5 nitrogen and oxygen atoms in total. The van der Waals surface area contributed by atoms with Crippen molar-refractivity contribution in [3.8, 4) is 0 Å². The molecule has 1 rings (SSSR count). The number of nitrogens with one attached hydrogen (secondary N) is 2. The Morgan fingerprint density at radius 1 is 1.50 bits per heavy atom. The number of imidazole rings is 1. The summed E-state index contributed by atoms with van der Waals surface area (Å²) in [5, 5.41) is 0.112. The highest BCUT2D eigenvalue weighted by atomic mass is 35.5. The van der Waals surface area contributed by atoms with E-state index in [-0.39, 0.29) is 10.4 Å². The van der Waals surface area contributed by atoms with Crippen molar-refractivity contribution in [1.82, 2.24) is 14.7 Å². The molecule has 0 spiro atoms. The zero-order valence-corrected chi connectivity index (χ0v) is 12.5. The molecule has 7 heteroatoms. The largest absolute Gasteiger partial charge is 0.332 e. The first-order valence-electron chi connectivity index (χ1n) is 5.90. The molecule has 0 bridgehead atoms. The summed E-state index contributed by atoms with van der Waals surface area (Å²) in [6, 6.07) is 0. The predicted molar refractivity (Wildman–Crippen MR) is 72.3 cm³/mol. The van der Waals surface area contributed by atoms with Crippen molar-refractivity contribution in [1.29, 1.82) is 0 Å². The van der Waals surface area contributed by atoms with E-state index in [1.807, 2.05) is 20.8 Å². The number of aryl methyl sites for hydroxylation is 1. The lowest BCUT2D eigenvalue weighted by Gasteiger charge is -2.23. The van der Waals surface area contributed by atoms with Crippen LogP contribution in [0.1, 0.15) is 33.0 Å². The monoisotopic (exact) mass is 293 g/mol. The van der Waals surface area contributed by atoms with Gasteiger partial charge < -0.3 is 4.98 Å². The van der Waals surface area contributed by atoms with Gasteiger partial charge in [-0.1, -0.05) is 20.8 Å². The Balaban J connectivity index is 2.71. The molecule has 0 saturated heterocycles. The minimum atomic E-state index is -3.51. The van der Waals surface area contributed by atoms with Gasteiger partial charge >= 0.3 is 0 Å². The van der Waals surface area contributed by atoms with Crippen LogP contribution in [0.15, 0.2) is 11.2 Å². The number of hydrogen-bond acceptors (Lipinski definition) is 3. The lowest BCUT2D eigenvalue weighted by atomic mass is 9.91. The van der Waals surface area contributed by atoms with Gasteiger partial charge in [-0.2, -0.15) is 0 Å². The van der Waals surface area contributed by atoms with Crippen molar-refractivity contribution in [2.75, 3.05) is 12.4 Å². The molecule has 0 aliphatic heterocycles. The molecule has 0 unspecified atom stereocenters. The summed E-state index contributed by atoms with van der Waals surface area (Å²) in [6.07, 6.45) is 2.77. The van der Waals surface area contributed by atoms with E-state index in [4.69, 9.17) is 11.6 Å². The van der Waals surface area contributed by atoms with Crippen molar-refractivity contribution in [3.05, 3.63) is 12.0 Å². The number of aromatic amines is 1. The summed E-state index contributed by atoms with van der Waals surface area (Å²) in [5.74, 6) is 1.18. The number of alkyl halides is 1. The molecule has 0 aliphatic carbocycles. The highest BCUT2D eigenvalue weighted by Crippen LogP contribution is 2.20. The van der Waals surface area contributed by atoms with Crippen molar-refractivity contribution in [2.45, 2.75) is 38.6 Å². The molecule has 0 radical (unpaired) electrons. The van der Waals surface area contributed by atoms with Crippen LogP contribution in [0.3, 0.4) is 0 Å². The van der Waals surface area contributed by atoms with Gasteiger partial charge in [-0.15, -0.1) is 11.6 Å². The second kappa shape index (κ2) is 6.04. The number of aromatic nitrogens is 2. The molecule has 0 amide bonds. The zero-order valence-electron chi connectivity index (χ0n) is 11.0. The average molecular weight is 294 g/mol. The van der Waals surface area contributed by atoms with Gasteiger partial charge in [0, 0.05) is 18.8 Å². The fraction of sp³-hybridized carbons (Fsp3) is 0.727. The molecule has 0 fully saturated rings. The fourth-order valence-corrected chi connectivity index (χ4v) is 3.06. The Kier molecular flexibility index (Phi) is 5.19. The van der Waals surface area contributed by atoms with Gasteiger partial charge in [0.2, 0.25) is 0 Å². The van der Waals surface area contributed by atoms with E-state index in [1.54, 1.807) is 0 Å². The molecule has 1 aromatic heterocycles. The Morgan fingerprint density at radius 2 is 2.17 bits per heavy atom. The van der Waals surface area contributed by atoms with Crippen molar-refractivity contribution in [3.63, 3.8) is 0 Å². The van der Waals surface area contributed by atoms with Crippen LogP contribution < -0.4 is 4.72 Å². The maximum Gasteiger partial charge on any atom is 0.257 e. The number of nitrogens with zero attached hydrogens (tertiary/aromatic N) is 1. The molecule has 2 N–H and O–H groups in total. The maximum absolute atomic E-state index is 12.0. The van der Waals surface area contributed by atoms with Crippen LogP contribution in [0.25, 0.3) is 0 Å². The quantitative estimate of drug-likeness (QED) is 0.754. The van der Waals surface area contributed by atoms with Crippen LogP contribution in [0.4, 0.5) is 0 Å². The molecule has 0 atom stereocenters. The summed E-state index contributed by atoms with van der Waals surface area (Å²) >= 11 is 5.68. The van der Waals surface area contributed by atoms with Gasteiger partial charge in [0.15, 0.2) is 5.03 Å². The third-order valence-corrected chi connectivity index (χ3v) is 4.24. The molecular weight excluding hydrogens is 274 g/mol.